The van der Waals surface area contributed by atoms with Crippen LogP contribution in [0.4, 0.5) is 11.4 Å². The van der Waals surface area contributed by atoms with Gasteiger partial charge in [0.05, 0.1) is 4.92 Å². The first-order valence-corrected chi connectivity index (χ1v) is 7.41. The van der Waals surface area contributed by atoms with Crippen molar-refractivity contribution in [3.63, 3.8) is 0 Å². The molecular formula is C15H23N3O2. The summed E-state index contributed by atoms with van der Waals surface area (Å²) in [7, 11) is 0. The van der Waals surface area contributed by atoms with E-state index in [0.29, 0.717) is 5.92 Å². The van der Waals surface area contributed by atoms with Crippen molar-refractivity contribution in [2.75, 3.05) is 31.1 Å². The zero-order valence-corrected chi connectivity index (χ0v) is 12.0. The number of nitrogens with one attached hydrogen (secondary N) is 1. The van der Waals surface area contributed by atoms with E-state index in [0.717, 1.165) is 38.3 Å². The van der Waals surface area contributed by atoms with Crippen molar-refractivity contribution < 1.29 is 4.92 Å². The van der Waals surface area contributed by atoms with Gasteiger partial charge in [-0.25, -0.2) is 0 Å². The average Bonchev–Trinajstić information content (AvgIpc) is 2.48. The third-order valence-corrected chi connectivity index (χ3v) is 3.80. The number of benzene rings is 1. The average molecular weight is 277 g/mol. The standard InChI is InChI=1S/C15H23N3O2/c1-2-10-17(12-13-4-3-9-16-11-13)14-5-7-15(8-6-14)18(19)20/h5-8,13,16H,2-4,9-12H2,1H3. The molecule has 0 aliphatic carbocycles. The SMILES string of the molecule is CCCN(CC1CCCNC1)c1ccc([N+](=O)[O-])cc1. The van der Waals surface area contributed by atoms with E-state index >= 15 is 0 Å². The van der Waals surface area contributed by atoms with Crippen molar-refractivity contribution in [2.24, 2.45) is 5.92 Å². The van der Waals surface area contributed by atoms with Gasteiger partial charge in [-0.1, -0.05) is 6.92 Å². The van der Waals surface area contributed by atoms with Crippen LogP contribution in [-0.4, -0.2) is 31.1 Å². The monoisotopic (exact) mass is 277 g/mol. The summed E-state index contributed by atoms with van der Waals surface area (Å²) < 4.78 is 0. The number of nitro groups is 1. The maximum atomic E-state index is 10.7. The van der Waals surface area contributed by atoms with E-state index in [1.807, 2.05) is 12.1 Å². The molecule has 1 atom stereocenters. The first kappa shape index (κ1) is 14.8. The van der Waals surface area contributed by atoms with Crippen molar-refractivity contribution in [3.05, 3.63) is 34.4 Å². The molecule has 5 heteroatoms. The van der Waals surface area contributed by atoms with E-state index in [-0.39, 0.29) is 10.6 Å². The van der Waals surface area contributed by atoms with E-state index in [9.17, 15) is 10.1 Å². The summed E-state index contributed by atoms with van der Waals surface area (Å²) in [5.41, 5.74) is 1.24. The first-order chi connectivity index (χ1) is 9.70. The highest BCUT2D eigenvalue weighted by Crippen LogP contribution is 2.22. The normalized spacial score (nSPS) is 18.8. The van der Waals surface area contributed by atoms with Gasteiger partial charge >= 0.3 is 0 Å². The van der Waals surface area contributed by atoms with Gasteiger partial charge < -0.3 is 10.2 Å². The van der Waals surface area contributed by atoms with Gasteiger partial charge in [0.1, 0.15) is 0 Å². The molecule has 0 bridgehead atoms. The number of nitrogens with zero attached hydrogens (tertiary/aromatic N) is 2. The smallest absolute Gasteiger partial charge is 0.269 e. The molecule has 5 nitrogen and oxygen atoms in total. The van der Waals surface area contributed by atoms with Crippen LogP contribution >= 0.6 is 0 Å². The summed E-state index contributed by atoms with van der Waals surface area (Å²) in [6, 6.07) is 6.92. The third kappa shape index (κ3) is 3.93. The van der Waals surface area contributed by atoms with Gasteiger partial charge in [-0.2, -0.15) is 0 Å². The lowest BCUT2D eigenvalue weighted by molar-refractivity contribution is -0.384. The number of anilines is 1. The van der Waals surface area contributed by atoms with E-state index in [1.54, 1.807) is 12.1 Å². The zero-order valence-electron chi connectivity index (χ0n) is 12.0. The summed E-state index contributed by atoms with van der Waals surface area (Å²) in [6.45, 7) is 6.39. The second kappa shape index (κ2) is 7.24. The number of nitro benzene ring substituents is 1. The lowest BCUT2D eigenvalue weighted by Crippen LogP contribution is -2.38. The second-order valence-electron chi connectivity index (χ2n) is 5.43. The number of hydrogen-bond acceptors (Lipinski definition) is 4. The van der Waals surface area contributed by atoms with Gasteiger partial charge in [0.2, 0.25) is 0 Å². The molecule has 1 saturated heterocycles. The maximum Gasteiger partial charge on any atom is 0.269 e. The van der Waals surface area contributed by atoms with E-state index in [1.165, 1.54) is 12.8 Å². The Labute approximate surface area is 120 Å². The van der Waals surface area contributed by atoms with Crippen LogP contribution in [0.1, 0.15) is 26.2 Å². The molecule has 1 unspecified atom stereocenters. The summed E-state index contributed by atoms with van der Waals surface area (Å²) in [5.74, 6) is 0.672. The summed E-state index contributed by atoms with van der Waals surface area (Å²) >= 11 is 0. The van der Waals surface area contributed by atoms with Crippen molar-refractivity contribution >= 4 is 11.4 Å². The Balaban J connectivity index is 2.04. The highest BCUT2D eigenvalue weighted by Gasteiger charge is 2.17. The van der Waals surface area contributed by atoms with E-state index in [4.69, 9.17) is 0 Å². The molecule has 0 amide bonds. The van der Waals surface area contributed by atoms with Crippen LogP contribution in [0.15, 0.2) is 24.3 Å². The minimum Gasteiger partial charge on any atom is -0.371 e. The molecule has 20 heavy (non-hydrogen) atoms. The Morgan fingerprint density at radius 1 is 1.40 bits per heavy atom. The Bertz CT molecular complexity index is 427. The van der Waals surface area contributed by atoms with Crippen molar-refractivity contribution in [1.82, 2.24) is 5.32 Å². The topological polar surface area (TPSA) is 58.4 Å². The van der Waals surface area contributed by atoms with Crippen molar-refractivity contribution in [1.29, 1.82) is 0 Å². The predicted molar refractivity (Wildman–Crippen MR) is 81.2 cm³/mol. The Hall–Kier alpha value is -1.62. The minimum atomic E-state index is -0.348. The van der Waals surface area contributed by atoms with E-state index in [2.05, 4.69) is 17.1 Å². The Kier molecular flexibility index (Phi) is 5.35. The highest BCUT2D eigenvalue weighted by atomic mass is 16.6. The van der Waals surface area contributed by atoms with Crippen LogP contribution in [0.3, 0.4) is 0 Å². The van der Waals surface area contributed by atoms with Gasteiger partial charge in [0, 0.05) is 30.9 Å². The lowest BCUT2D eigenvalue weighted by atomic mass is 9.98. The first-order valence-electron chi connectivity index (χ1n) is 7.41. The number of non-ortho nitro benzene ring substituents is 1. The fraction of sp³-hybridized carbons (Fsp3) is 0.600. The molecule has 0 radical (unpaired) electrons. The van der Waals surface area contributed by atoms with Crippen LogP contribution in [0.2, 0.25) is 0 Å². The van der Waals surface area contributed by atoms with Crippen LogP contribution < -0.4 is 10.2 Å². The molecule has 0 aromatic heterocycles. The van der Waals surface area contributed by atoms with Crippen LogP contribution in [0, 0.1) is 16.0 Å². The summed E-state index contributed by atoms with van der Waals surface area (Å²) in [6.07, 6.45) is 3.59. The van der Waals surface area contributed by atoms with Crippen LogP contribution in [-0.2, 0) is 0 Å². The molecule has 1 aliphatic rings. The van der Waals surface area contributed by atoms with Crippen molar-refractivity contribution in [3.8, 4) is 0 Å². The molecule has 1 aliphatic heterocycles. The molecule has 0 spiro atoms. The Morgan fingerprint density at radius 3 is 2.70 bits per heavy atom. The molecule has 1 heterocycles. The molecule has 1 aromatic carbocycles. The molecular weight excluding hydrogens is 254 g/mol. The van der Waals surface area contributed by atoms with E-state index < -0.39 is 0 Å². The van der Waals surface area contributed by atoms with Gasteiger partial charge in [-0.3, -0.25) is 10.1 Å². The van der Waals surface area contributed by atoms with Gasteiger partial charge in [-0.15, -0.1) is 0 Å². The lowest BCUT2D eigenvalue weighted by Gasteiger charge is -2.31. The third-order valence-electron chi connectivity index (χ3n) is 3.80. The minimum absolute atomic E-state index is 0.157. The van der Waals surface area contributed by atoms with Crippen molar-refractivity contribution in [2.45, 2.75) is 26.2 Å². The largest absolute Gasteiger partial charge is 0.371 e. The number of hydrogen-bond donors (Lipinski definition) is 1. The van der Waals surface area contributed by atoms with Crippen LogP contribution in [0.5, 0.6) is 0 Å². The van der Waals surface area contributed by atoms with Crippen LogP contribution in [0.25, 0.3) is 0 Å². The summed E-state index contributed by atoms with van der Waals surface area (Å²) in [4.78, 5) is 12.7. The van der Waals surface area contributed by atoms with Gasteiger partial charge in [-0.05, 0) is 50.4 Å². The zero-order chi connectivity index (χ0) is 14.4. The maximum absolute atomic E-state index is 10.7. The summed E-state index contributed by atoms with van der Waals surface area (Å²) in [5, 5.41) is 14.2. The second-order valence-corrected chi connectivity index (χ2v) is 5.43. The molecule has 2 rings (SSSR count). The van der Waals surface area contributed by atoms with Gasteiger partial charge in [0.15, 0.2) is 0 Å². The molecule has 1 N–H and O–H groups in total. The molecule has 1 aromatic rings. The molecule has 0 saturated carbocycles. The molecule has 1 fully saturated rings. The fourth-order valence-electron chi connectivity index (χ4n) is 2.77. The quantitative estimate of drug-likeness (QED) is 0.641. The number of rotatable bonds is 6. The Morgan fingerprint density at radius 2 is 2.15 bits per heavy atom. The highest BCUT2D eigenvalue weighted by molar-refractivity contribution is 5.50. The predicted octanol–water partition coefficient (Wildman–Crippen LogP) is 2.81. The molecule has 110 valence electrons. The van der Waals surface area contributed by atoms with Gasteiger partial charge in [0.25, 0.3) is 5.69 Å². The fourth-order valence-corrected chi connectivity index (χ4v) is 2.77. The number of piperidine rings is 1.